The lowest BCUT2D eigenvalue weighted by Crippen LogP contribution is -2.26. The van der Waals surface area contributed by atoms with Crippen molar-refractivity contribution in [3.63, 3.8) is 0 Å². The highest BCUT2D eigenvalue weighted by molar-refractivity contribution is 6.30. The van der Waals surface area contributed by atoms with E-state index in [1.807, 2.05) is 39.0 Å². The molecule has 7 heteroatoms. The third-order valence-corrected chi connectivity index (χ3v) is 6.65. The molecule has 0 radical (unpaired) electrons. The second kappa shape index (κ2) is 12.2. The summed E-state index contributed by atoms with van der Waals surface area (Å²) < 4.78 is 20.2. The summed E-state index contributed by atoms with van der Waals surface area (Å²) in [5.41, 5.74) is 13.6. The molecule has 0 bridgehead atoms. The first-order valence-corrected chi connectivity index (χ1v) is 13.1. The van der Waals surface area contributed by atoms with Crippen molar-refractivity contribution in [1.82, 2.24) is 4.90 Å². The molecule has 0 saturated carbocycles. The van der Waals surface area contributed by atoms with E-state index in [9.17, 15) is 4.39 Å². The van der Waals surface area contributed by atoms with E-state index in [0.29, 0.717) is 31.1 Å². The third kappa shape index (κ3) is 6.37. The molecule has 3 aromatic rings. The number of hydrogen-bond donors (Lipinski definition) is 2. The van der Waals surface area contributed by atoms with Crippen LogP contribution in [0.3, 0.4) is 0 Å². The monoisotopic (exact) mass is 532 g/mol. The lowest BCUT2D eigenvalue weighted by Gasteiger charge is -2.26. The second-order valence-corrected chi connectivity index (χ2v) is 9.79. The Hall–Kier alpha value is -3.77. The number of nitrogen functional groups attached to an aromatic ring is 1. The summed E-state index contributed by atoms with van der Waals surface area (Å²) >= 11 is 6.14. The Labute approximate surface area is 229 Å². The Bertz CT molecular complexity index is 1380. The summed E-state index contributed by atoms with van der Waals surface area (Å²) in [4.78, 5) is 6.96. The minimum atomic E-state index is -0.362. The van der Waals surface area contributed by atoms with Gasteiger partial charge in [-0.25, -0.2) is 9.38 Å². The maximum atomic E-state index is 14.1. The molecule has 3 N–H and O–H groups in total. The first kappa shape index (κ1) is 27.3. The molecular formula is C31H34ClFN4O. The zero-order valence-electron chi connectivity index (χ0n) is 22.2. The van der Waals surface area contributed by atoms with Crippen LogP contribution in [0.5, 0.6) is 5.75 Å². The number of hydrogen-bond acceptors (Lipinski definition) is 5. The highest BCUT2D eigenvalue weighted by atomic mass is 35.5. The van der Waals surface area contributed by atoms with Crippen molar-refractivity contribution in [3.05, 3.63) is 100 Å². The molecule has 0 atom stereocenters. The van der Waals surface area contributed by atoms with Gasteiger partial charge >= 0.3 is 0 Å². The van der Waals surface area contributed by atoms with E-state index in [4.69, 9.17) is 27.1 Å². The predicted molar refractivity (Wildman–Crippen MR) is 157 cm³/mol. The normalized spacial score (nSPS) is 14.0. The molecule has 1 aliphatic heterocycles. The minimum absolute atomic E-state index is 0.362. The number of aliphatic imine (C=N–C) groups is 1. The van der Waals surface area contributed by atoms with Crippen LogP contribution in [0.4, 0.5) is 15.8 Å². The molecule has 0 aromatic heterocycles. The Kier molecular flexibility index (Phi) is 8.74. The van der Waals surface area contributed by atoms with Crippen molar-refractivity contribution < 1.29 is 9.13 Å². The third-order valence-electron chi connectivity index (χ3n) is 6.43. The molecule has 38 heavy (non-hydrogen) atoms. The number of ether oxygens (including phenoxy) is 1. The summed E-state index contributed by atoms with van der Waals surface area (Å²) in [5.74, 6) is 1.29. The summed E-state index contributed by atoms with van der Waals surface area (Å²) in [6.45, 7) is 12.6. The smallest absolute Gasteiger partial charge is 0.132 e. The Morgan fingerprint density at radius 3 is 2.66 bits per heavy atom. The molecular weight excluding hydrogens is 499 g/mol. The fourth-order valence-corrected chi connectivity index (χ4v) is 4.89. The predicted octanol–water partition coefficient (Wildman–Crippen LogP) is 7.48. The number of nitrogens with zero attached hydrogens (tertiary/aromatic N) is 2. The topological polar surface area (TPSA) is 62.9 Å². The van der Waals surface area contributed by atoms with Crippen molar-refractivity contribution >= 4 is 29.2 Å². The lowest BCUT2D eigenvalue weighted by atomic mass is 9.98. The van der Waals surface area contributed by atoms with E-state index in [0.717, 1.165) is 62.9 Å². The number of fused-ring (bicyclic) bond motifs is 1. The highest BCUT2D eigenvalue weighted by Crippen LogP contribution is 2.34. The van der Waals surface area contributed by atoms with E-state index < -0.39 is 0 Å². The molecule has 198 valence electrons. The molecule has 4 rings (SSSR count). The van der Waals surface area contributed by atoms with Crippen LogP contribution in [0.1, 0.15) is 31.9 Å². The Morgan fingerprint density at radius 2 is 1.95 bits per heavy atom. The largest absolute Gasteiger partial charge is 0.491 e. The SMILES string of the molecule is C=C(C)/C(Cc1cc(F)cc(Cl)c1)=C(\N=C/C)N1CCOc2ccc(-c3ccc(N)c(NCC)c3)cc2C1. The molecule has 0 saturated heterocycles. The fourth-order valence-electron chi connectivity index (χ4n) is 4.64. The van der Waals surface area contributed by atoms with Crippen molar-refractivity contribution in [2.24, 2.45) is 4.99 Å². The second-order valence-electron chi connectivity index (χ2n) is 9.35. The maximum absolute atomic E-state index is 14.1. The first-order valence-electron chi connectivity index (χ1n) is 12.8. The van der Waals surface area contributed by atoms with Gasteiger partial charge in [-0.15, -0.1) is 0 Å². The van der Waals surface area contributed by atoms with Crippen molar-refractivity contribution in [3.8, 4) is 16.9 Å². The molecule has 3 aromatic carbocycles. The average Bonchev–Trinajstić information content (AvgIpc) is 3.08. The molecule has 0 fully saturated rings. The van der Waals surface area contributed by atoms with Gasteiger partial charge in [0.1, 0.15) is 24.0 Å². The van der Waals surface area contributed by atoms with Crippen LogP contribution in [-0.2, 0) is 13.0 Å². The zero-order valence-corrected chi connectivity index (χ0v) is 22.9. The maximum Gasteiger partial charge on any atom is 0.132 e. The fraction of sp³-hybridized carbons (Fsp3) is 0.258. The molecule has 5 nitrogen and oxygen atoms in total. The number of halogens is 2. The van der Waals surface area contributed by atoms with E-state index in [2.05, 4.69) is 35.0 Å². The minimum Gasteiger partial charge on any atom is -0.491 e. The molecule has 0 spiro atoms. The highest BCUT2D eigenvalue weighted by Gasteiger charge is 2.21. The van der Waals surface area contributed by atoms with Crippen LogP contribution >= 0.6 is 11.6 Å². The average molecular weight is 533 g/mol. The van der Waals surface area contributed by atoms with E-state index in [1.54, 1.807) is 12.3 Å². The first-order chi connectivity index (χ1) is 18.3. The van der Waals surface area contributed by atoms with Gasteiger partial charge in [0.05, 0.1) is 17.9 Å². The van der Waals surface area contributed by atoms with Gasteiger partial charge in [-0.05, 0) is 79.9 Å². The van der Waals surface area contributed by atoms with E-state index in [-0.39, 0.29) is 5.82 Å². The molecule has 1 aliphatic rings. The summed E-state index contributed by atoms with van der Waals surface area (Å²) in [5, 5.41) is 3.69. The molecule has 1 heterocycles. The van der Waals surface area contributed by atoms with Gasteiger partial charge in [0.15, 0.2) is 0 Å². The number of benzene rings is 3. The Morgan fingerprint density at radius 1 is 1.18 bits per heavy atom. The Balaban J connectivity index is 1.72. The van der Waals surface area contributed by atoms with Crippen LogP contribution in [0.25, 0.3) is 11.1 Å². The van der Waals surface area contributed by atoms with Crippen LogP contribution < -0.4 is 15.8 Å². The standard InChI is InChI=1S/C31H34ClFN4O/c1-5-35-29-17-23(7-9-28(29)34)22-8-10-30-24(16-22)19-37(11-12-38-30)31(36-6-2)27(20(3)4)15-21-13-25(32)18-26(33)14-21/h6-10,13-14,16-18,35H,3,5,11-12,15,19,34H2,1-2,4H3/b31-27+,36-6-. The van der Waals surface area contributed by atoms with Gasteiger partial charge in [0.2, 0.25) is 0 Å². The van der Waals surface area contributed by atoms with Crippen molar-refractivity contribution in [1.29, 1.82) is 0 Å². The van der Waals surface area contributed by atoms with Crippen molar-refractivity contribution in [2.75, 3.05) is 30.7 Å². The van der Waals surface area contributed by atoms with Crippen molar-refractivity contribution in [2.45, 2.75) is 33.7 Å². The van der Waals surface area contributed by atoms with Gasteiger partial charge in [0, 0.05) is 41.9 Å². The zero-order chi connectivity index (χ0) is 27.2. The number of rotatable bonds is 8. The van der Waals surface area contributed by atoms with Gasteiger partial charge < -0.3 is 20.7 Å². The van der Waals surface area contributed by atoms with Gasteiger partial charge in [0.25, 0.3) is 0 Å². The molecule has 0 unspecified atom stereocenters. The summed E-state index contributed by atoms with van der Waals surface area (Å²) in [6, 6.07) is 16.9. The van der Waals surface area contributed by atoms with Gasteiger partial charge in [-0.1, -0.05) is 35.9 Å². The summed E-state index contributed by atoms with van der Waals surface area (Å²) in [6.07, 6.45) is 2.24. The van der Waals surface area contributed by atoms with E-state index in [1.165, 1.54) is 12.1 Å². The number of allylic oxidation sites excluding steroid dienone is 2. The van der Waals surface area contributed by atoms with Crippen LogP contribution in [0.2, 0.25) is 5.02 Å². The van der Waals surface area contributed by atoms with Crippen LogP contribution in [0.15, 0.2) is 83.1 Å². The van der Waals surface area contributed by atoms with Crippen LogP contribution in [-0.4, -0.2) is 30.8 Å². The van der Waals surface area contributed by atoms with E-state index >= 15 is 0 Å². The molecule has 0 amide bonds. The number of anilines is 2. The lowest BCUT2D eigenvalue weighted by molar-refractivity contribution is 0.261. The summed E-state index contributed by atoms with van der Waals surface area (Å²) in [7, 11) is 0. The number of nitrogens with two attached hydrogens (primary N) is 1. The van der Waals surface area contributed by atoms with Gasteiger partial charge in [-0.3, -0.25) is 0 Å². The van der Waals surface area contributed by atoms with Gasteiger partial charge in [-0.2, -0.15) is 0 Å². The van der Waals surface area contributed by atoms with Crippen LogP contribution in [0, 0.1) is 5.82 Å². The molecule has 0 aliphatic carbocycles. The number of nitrogens with one attached hydrogen (secondary N) is 1. The quantitative estimate of drug-likeness (QED) is 0.179.